The molecule has 1 heterocycles. The van der Waals surface area contributed by atoms with E-state index in [9.17, 15) is 28.5 Å². The summed E-state index contributed by atoms with van der Waals surface area (Å²) in [7, 11) is -5.06. The molecule has 0 saturated carbocycles. The summed E-state index contributed by atoms with van der Waals surface area (Å²) in [6, 6.07) is 0. The van der Waals surface area contributed by atoms with Crippen molar-refractivity contribution in [2.75, 3.05) is 26.4 Å². The van der Waals surface area contributed by atoms with E-state index in [0.717, 1.165) is 64.2 Å². The minimum absolute atomic E-state index is 0.0306. The molecule has 0 aromatic carbocycles. The van der Waals surface area contributed by atoms with E-state index < -0.39 is 59.8 Å². The largest absolute Gasteiger partial charge is 0.457 e. The quantitative estimate of drug-likeness (QED) is 0.0200. The SMILES string of the molecule is CCCCCCC/C=C\CCCCCCCCOCC(COC1OC(CO)C(O)C(OS(=O)(=O)O)C1O)OC(=O)CCCCCCC/C=C\CCCCCCCC. The van der Waals surface area contributed by atoms with E-state index in [1.165, 1.54) is 96.3 Å². The second kappa shape index (κ2) is 36.4. The molecule has 0 spiro atoms. The van der Waals surface area contributed by atoms with Crippen LogP contribution in [0.25, 0.3) is 0 Å². The van der Waals surface area contributed by atoms with E-state index in [1.807, 2.05) is 0 Å². The Hall–Kier alpha value is -1.42. The lowest BCUT2D eigenvalue weighted by atomic mass is 9.99. The maximum absolute atomic E-state index is 12.8. The molecule has 6 atom stereocenters. The van der Waals surface area contributed by atoms with Gasteiger partial charge >= 0.3 is 16.4 Å². The number of carbonyl (C=O) groups is 1. The van der Waals surface area contributed by atoms with Crippen LogP contribution in [0.2, 0.25) is 0 Å². The second-order valence-corrected chi connectivity index (χ2v) is 16.7. The molecule has 1 saturated heterocycles. The number of allylic oxidation sites excluding steroid dienone is 4. The molecule has 0 amide bonds. The molecule has 1 aliphatic rings. The van der Waals surface area contributed by atoms with Gasteiger partial charge in [0.1, 0.15) is 30.5 Å². The molecule has 1 fully saturated rings. The minimum atomic E-state index is -5.06. The van der Waals surface area contributed by atoms with Gasteiger partial charge in [-0.25, -0.2) is 4.18 Å². The van der Waals surface area contributed by atoms with Crippen molar-refractivity contribution in [2.45, 2.75) is 224 Å². The number of aliphatic hydroxyl groups is 3. The zero-order valence-corrected chi connectivity index (χ0v) is 36.5. The summed E-state index contributed by atoms with van der Waals surface area (Å²) in [5.74, 6) is -0.409. The smallest absolute Gasteiger partial charge is 0.397 e. The monoisotopic (exact) mass is 835 g/mol. The van der Waals surface area contributed by atoms with Gasteiger partial charge in [-0.3, -0.25) is 9.35 Å². The number of hydrogen-bond donors (Lipinski definition) is 4. The molecule has 4 N–H and O–H groups in total. The van der Waals surface area contributed by atoms with Gasteiger partial charge in [-0.1, -0.05) is 141 Å². The van der Waals surface area contributed by atoms with E-state index in [-0.39, 0.29) is 19.6 Å². The van der Waals surface area contributed by atoms with E-state index in [4.69, 9.17) is 23.5 Å². The molecule has 0 bridgehead atoms. The zero-order chi connectivity index (χ0) is 41.8. The Balaban J connectivity index is 2.45. The average Bonchev–Trinajstić information content (AvgIpc) is 3.18. The first-order valence-corrected chi connectivity index (χ1v) is 24.0. The number of esters is 1. The molecule has 13 heteroatoms. The molecule has 1 aliphatic heterocycles. The average molecular weight is 835 g/mol. The summed E-state index contributed by atoms with van der Waals surface area (Å²) in [5.41, 5.74) is 0. The number of rotatable bonds is 39. The number of unbranched alkanes of at least 4 members (excludes halogenated alkanes) is 22. The number of aliphatic hydroxyl groups excluding tert-OH is 3. The van der Waals surface area contributed by atoms with Crippen LogP contribution in [0, 0.1) is 0 Å². The predicted molar refractivity (Wildman–Crippen MR) is 225 cm³/mol. The van der Waals surface area contributed by atoms with E-state index in [0.29, 0.717) is 13.0 Å². The molecule has 6 unspecified atom stereocenters. The maximum Gasteiger partial charge on any atom is 0.397 e. The van der Waals surface area contributed by atoms with Gasteiger partial charge in [-0.2, -0.15) is 8.42 Å². The van der Waals surface area contributed by atoms with Crippen LogP contribution < -0.4 is 0 Å². The topological polar surface area (TPSA) is 178 Å². The van der Waals surface area contributed by atoms with Crippen LogP contribution in [-0.2, 0) is 38.3 Å². The van der Waals surface area contributed by atoms with Crippen LogP contribution in [0.15, 0.2) is 24.3 Å². The van der Waals surface area contributed by atoms with Crippen molar-refractivity contribution in [2.24, 2.45) is 0 Å². The van der Waals surface area contributed by atoms with E-state index in [2.05, 4.69) is 42.3 Å². The number of ether oxygens (including phenoxy) is 4. The second-order valence-electron chi connectivity index (χ2n) is 15.6. The molecule has 336 valence electrons. The van der Waals surface area contributed by atoms with Crippen molar-refractivity contribution in [3.63, 3.8) is 0 Å². The summed E-state index contributed by atoms with van der Waals surface area (Å²) >= 11 is 0. The van der Waals surface area contributed by atoms with Crippen LogP contribution in [0.3, 0.4) is 0 Å². The number of carbonyl (C=O) groups excluding carboxylic acids is 1. The molecule has 0 aromatic rings. The van der Waals surface area contributed by atoms with Crippen molar-refractivity contribution in [3.8, 4) is 0 Å². The molecule has 1 rings (SSSR count). The first-order valence-electron chi connectivity index (χ1n) is 22.6. The highest BCUT2D eigenvalue weighted by molar-refractivity contribution is 7.80. The summed E-state index contributed by atoms with van der Waals surface area (Å²) < 4.78 is 59.0. The Bertz CT molecular complexity index is 1100. The summed E-state index contributed by atoms with van der Waals surface area (Å²) in [6.45, 7) is 3.96. The van der Waals surface area contributed by atoms with Gasteiger partial charge in [0, 0.05) is 13.0 Å². The normalized spacial score (nSPS) is 20.8. The highest BCUT2D eigenvalue weighted by atomic mass is 32.3. The molecule has 0 aliphatic carbocycles. The van der Waals surface area contributed by atoms with Gasteiger partial charge in [-0.05, 0) is 64.2 Å². The molecular formula is C44H82O12S. The Kier molecular flexibility index (Phi) is 34.3. The third-order valence-corrected chi connectivity index (χ3v) is 10.8. The van der Waals surface area contributed by atoms with Gasteiger partial charge in [-0.15, -0.1) is 0 Å². The van der Waals surface area contributed by atoms with Crippen molar-refractivity contribution in [3.05, 3.63) is 24.3 Å². The van der Waals surface area contributed by atoms with Crippen LogP contribution in [0.5, 0.6) is 0 Å². The van der Waals surface area contributed by atoms with E-state index >= 15 is 0 Å². The fourth-order valence-corrected chi connectivity index (χ4v) is 7.35. The lowest BCUT2D eigenvalue weighted by Gasteiger charge is -2.41. The van der Waals surface area contributed by atoms with Crippen molar-refractivity contribution < 1.29 is 56.2 Å². The minimum Gasteiger partial charge on any atom is -0.457 e. The highest BCUT2D eigenvalue weighted by Crippen LogP contribution is 2.26. The van der Waals surface area contributed by atoms with Crippen molar-refractivity contribution in [1.29, 1.82) is 0 Å². The summed E-state index contributed by atoms with van der Waals surface area (Å²) in [5, 5.41) is 30.6. The number of hydrogen-bond acceptors (Lipinski definition) is 11. The highest BCUT2D eigenvalue weighted by Gasteiger charge is 2.48. The molecule has 0 radical (unpaired) electrons. The molecule has 12 nitrogen and oxygen atoms in total. The van der Waals surface area contributed by atoms with Crippen LogP contribution in [0.1, 0.15) is 187 Å². The zero-order valence-electron chi connectivity index (χ0n) is 35.7. The summed E-state index contributed by atoms with van der Waals surface area (Å²) in [4.78, 5) is 12.8. The Morgan fingerprint density at radius 3 is 1.58 bits per heavy atom. The standard InChI is InChI=1S/C44H82O12S/c1-3-5-7-9-11-13-15-17-19-21-23-25-27-29-31-33-40(46)54-38(37-53-44-42(48)43(56-57(49,50)51)41(47)39(35-45)55-44)36-52-34-32-30-28-26-24-22-20-18-16-14-12-10-8-6-4-2/h16-19,38-39,41-45,47-48H,3-15,20-37H2,1-2H3,(H,49,50,51)/b18-16-,19-17-. The van der Waals surface area contributed by atoms with Gasteiger partial charge in [0.2, 0.25) is 0 Å². The fourth-order valence-electron chi connectivity index (χ4n) is 6.84. The van der Waals surface area contributed by atoms with Gasteiger partial charge in [0.05, 0.1) is 19.8 Å². The fraction of sp³-hybridized carbons (Fsp3) is 0.886. The van der Waals surface area contributed by atoms with Crippen molar-refractivity contribution in [1.82, 2.24) is 0 Å². The van der Waals surface area contributed by atoms with Crippen LogP contribution >= 0.6 is 0 Å². The Labute approximate surface area is 346 Å². The van der Waals surface area contributed by atoms with Gasteiger partial charge in [0.25, 0.3) is 0 Å². The van der Waals surface area contributed by atoms with Crippen LogP contribution in [0.4, 0.5) is 0 Å². The van der Waals surface area contributed by atoms with Crippen LogP contribution in [-0.4, -0.2) is 97.5 Å². The molecule has 0 aromatic heterocycles. The molecule has 57 heavy (non-hydrogen) atoms. The Morgan fingerprint density at radius 2 is 1.11 bits per heavy atom. The lowest BCUT2D eigenvalue weighted by Crippen LogP contribution is -2.60. The van der Waals surface area contributed by atoms with Gasteiger partial charge < -0.3 is 34.3 Å². The first kappa shape index (κ1) is 53.6. The third-order valence-electron chi connectivity index (χ3n) is 10.3. The molecular weight excluding hydrogens is 753 g/mol. The maximum atomic E-state index is 12.8. The third kappa shape index (κ3) is 30.3. The summed E-state index contributed by atoms with van der Waals surface area (Å²) in [6.07, 6.45) is 30.6. The predicted octanol–water partition coefficient (Wildman–Crippen LogP) is 9.24. The Morgan fingerprint density at radius 1 is 0.649 bits per heavy atom. The van der Waals surface area contributed by atoms with Crippen molar-refractivity contribution >= 4 is 16.4 Å². The van der Waals surface area contributed by atoms with E-state index in [1.54, 1.807) is 0 Å². The first-order chi connectivity index (χ1) is 27.6. The lowest BCUT2D eigenvalue weighted by molar-refractivity contribution is -0.301. The van der Waals surface area contributed by atoms with Gasteiger partial charge in [0.15, 0.2) is 6.29 Å².